The predicted molar refractivity (Wildman–Crippen MR) is 131 cm³/mol. The van der Waals surface area contributed by atoms with Crippen LogP contribution in [0, 0.1) is 5.92 Å². The molecule has 1 saturated heterocycles. The molecule has 36 heavy (non-hydrogen) atoms. The summed E-state index contributed by atoms with van der Waals surface area (Å²) in [6.45, 7) is 3.91. The van der Waals surface area contributed by atoms with Crippen molar-refractivity contribution < 1.29 is 24.3 Å². The average Bonchev–Trinajstić information content (AvgIpc) is 3.55. The van der Waals surface area contributed by atoms with Crippen molar-refractivity contribution >= 4 is 23.7 Å². The van der Waals surface area contributed by atoms with Crippen molar-refractivity contribution in [3.8, 4) is 0 Å². The molecule has 1 aliphatic heterocycles. The monoisotopic (exact) mass is 498 g/mol. The van der Waals surface area contributed by atoms with Gasteiger partial charge < -0.3 is 31.4 Å². The number of hydrogen-bond acceptors (Lipinski definition) is 6. The van der Waals surface area contributed by atoms with E-state index in [0.29, 0.717) is 25.1 Å². The fourth-order valence-electron chi connectivity index (χ4n) is 4.21. The van der Waals surface area contributed by atoms with Crippen LogP contribution in [0.2, 0.25) is 0 Å². The Morgan fingerprint density at radius 1 is 1.11 bits per heavy atom. The van der Waals surface area contributed by atoms with Crippen molar-refractivity contribution in [3.05, 3.63) is 54.1 Å². The van der Waals surface area contributed by atoms with Crippen LogP contribution in [-0.4, -0.2) is 74.4 Å². The third-order valence-electron chi connectivity index (χ3n) is 6.35. The molecule has 0 saturated carbocycles. The highest BCUT2D eigenvalue weighted by Gasteiger charge is 2.38. The van der Waals surface area contributed by atoms with Crippen LogP contribution in [0.1, 0.15) is 37.9 Å². The zero-order valence-electron chi connectivity index (χ0n) is 20.5. The summed E-state index contributed by atoms with van der Waals surface area (Å²) in [5, 5.41) is 15.0. The van der Waals surface area contributed by atoms with E-state index in [4.69, 9.17) is 5.73 Å². The number of aromatic amines is 1. The Balaban J connectivity index is 1.84. The first-order valence-corrected chi connectivity index (χ1v) is 12.1. The molecule has 0 spiro atoms. The van der Waals surface area contributed by atoms with Gasteiger partial charge in [-0.2, -0.15) is 0 Å². The number of aromatic nitrogens is 2. The van der Waals surface area contributed by atoms with Gasteiger partial charge in [-0.1, -0.05) is 44.2 Å². The molecule has 1 aromatic heterocycles. The average molecular weight is 499 g/mol. The Kier molecular flexibility index (Phi) is 9.18. The number of hydrogen-bond donors (Lipinski definition) is 5. The number of nitrogens with one attached hydrogen (secondary N) is 3. The van der Waals surface area contributed by atoms with Gasteiger partial charge in [0.05, 0.1) is 12.4 Å². The lowest BCUT2D eigenvalue weighted by atomic mass is 10.0. The van der Waals surface area contributed by atoms with E-state index in [0.717, 1.165) is 5.56 Å². The second-order valence-corrected chi connectivity index (χ2v) is 9.39. The van der Waals surface area contributed by atoms with E-state index < -0.39 is 47.9 Å². The Bertz CT molecular complexity index is 1040. The summed E-state index contributed by atoms with van der Waals surface area (Å²) < 4.78 is 0. The Labute approximate surface area is 209 Å². The number of benzene rings is 1. The van der Waals surface area contributed by atoms with Crippen LogP contribution in [0.5, 0.6) is 0 Å². The second-order valence-electron chi connectivity index (χ2n) is 9.39. The summed E-state index contributed by atoms with van der Waals surface area (Å²) in [7, 11) is 0. The number of nitrogens with two attached hydrogens (primary N) is 1. The molecule has 4 unspecified atom stereocenters. The normalized spacial score (nSPS) is 17.9. The zero-order chi connectivity index (χ0) is 26.2. The minimum atomic E-state index is -1.07. The summed E-state index contributed by atoms with van der Waals surface area (Å²) >= 11 is 0. The van der Waals surface area contributed by atoms with Gasteiger partial charge in [-0.05, 0) is 24.3 Å². The Morgan fingerprint density at radius 2 is 1.81 bits per heavy atom. The third kappa shape index (κ3) is 6.91. The largest absolute Gasteiger partial charge is 0.480 e. The molecule has 6 N–H and O–H groups in total. The van der Waals surface area contributed by atoms with Gasteiger partial charge >= 0.3 is 5.97 Å². The lowest BCUT2D eigenvalue weighted by molar-refractivity contribution is -0.149. The number of carboxylic acids is 1. The fourth-order valence-corrected chi connectivity index (χ4v) is 4.21. The number of likely N-dealkylation sites (tertiary alicyclic amines) is 1. The van der Waals surface area contributed by atoms with Crippen LogP contribution in [0.25, 0.3) is 0 Å². The van der Waals surface area contributed by atoms with Crippen molar-refractivity contribution in [1.29, 1.82) is 0 Å². The topological polar surface area (TPSA) is 171 Å². The number of imidazole rings is 1. The first-order chi connectivity index (χ1) is 17.2. The van der Waals surface area contributed by atoms with Gasteiger partial charge in [0.2, 0.25) is 17.7 Å². The number of rotatable bonds is 11. The molecule has 2 heterocycles. The summed E-state index contributed by atoms with van der Waals surface area (Å²) in [4.78, 5) is 59.5. The van der Waals surface area contributed by atoms with Gasteiger partial charge in [-0.3, -0.25) is 14.4 Å². The van der Waals surface area contributed by atoms with E-state index in [1.165, 1.54) is 11.2 Å². The van der Waals surface area contributed by atoms with Crippen LogP contribution in [-0.2, 0) is 32.0 Å². The molecule has 0 bridgehead atoms. The maximum Gasteiger partial charge on any atom is 0.326 e. The van der Waals surface area contributed by atoms with Crippen LogP contribution < -0.4 is 16.4 Å². The van der Waals surface area contributed by atoms with Crippen molar-refractivity contribution in [2.24, 2.45) is 11.7 Å². The quantitative estimate of drug-likeness (QED) is 0.295. The van der Waals surface area contributed by atoms with Crippen molar-refractivity contribution in [1.82, 2.24) is 25.5 Å². The number of aliphatic carboxylic acids is 1. The van der Waals surface area contributed by atoms with E-state index in [9.17, 15) is 24.3 Å². The highest BCUT2D eigenvalue weighted by Crippen LogP contribution is 2.20. The first kappa shape index (κ1) is 26.9. The molecule has 11 nitrogen and oxygen atoms in total. The van der Waals surface area contributed by atoms with Crippen LogP contribution >= 0.6 is 0 Å². The molecule has 194 valence electrons. The highest BCUT2D eigenvalue weighted by atomic mass is 16.4. The minimum Gasteiger partial charge on any atom is -0.480 e. The van der Waals surface area contributed by atoms with E-state index in [2.05, 4.69) is 20.6 Å². The second kappa shape index (κ2) is 12.3. The molecule has 11 heteroatoms. The lowest BCUT2D eigenvalue weighted by Crippen LogP contribution is -2.58. The van der Waals surface area contributed by atoms with Gasteiger partial charge in [-0.25, -0.2) is 9.78 Å². The van der Waals surface area contributed by atoms with Crippen LogP contribution in [0.15, 0.2) is 42.9 Å². The summed E-state index contributed by atoms with van der Waals surface area (Å²) in [6, 6.07) is 5.36. The lowest BCUT2D eigenvalue weighted by Gasteiger charge is -2.29. The number of carbonyl (C=O) groups is 4. The van der Waals surface area contributed by atoms with Gasteiger partial charge in [0.15, 0.2) is 0 Å². The predicted octanol–water partition coefficient (Wildman–Crippen LogP) is 0.223. The number of carboxylic acid groups (broad SMARTS) is 1. The van der Waals surface area contributed by atoms with E-state index in [-0.39, 0.29) is 18.8 Å². The van der Waals surface area contributed by atoms with Crippen LogP contribution in [0.3, 0.4) is 0 Å². The van der Waals surface area contributed by atoms with Gasteiger partial charge in [0.25, 0.3) is 0 Å². The van der Waals surface area contributed by atoms with Gasteiger partial charge in [-0.15, -0.1) is 0 Å². The van der Waals surface area contributed by atoms with Crippen molar-refractivity contribution in [2.75, 3.05) is 6.54 Å². The summed E-state index contributed by atoms with van der Waals surface area (Å²) in [6.07, 6.45) is 4.22. The van der Waals surface area contributed by atoms with Crippen LogP contribution in [0.4, 0.5) is 0 Å². The number of H-pyrrole nitrogens is 1. The Morgan fingerprint density at radius 3 is 2.42 bits per heavy atom. The fraction of sp³-hybridized carbons (Fsp3) is 0.480. The molecule has 0 aliphatic carbocycles. The Hall–Kier alpha value is -3.73. The smallest absolute Gasteiger partial charge is 0.326 e. The van der Waals surface area contributed by atoms with Gasteiger partial charge in [0, 0.05) is 31.3 Å². The first-order valence-electron chi connectivity index (χ1n) is 12.1. The van der Waals surface area contributed by atoms with E-state index in [1.807, 2.05) is 30.3 Å². The third-order valence-corrected chi connectivity index (χ3v) is 6.35. The SMILES string of the molecule is CC(C)C(N)C(=O)NC(Cc1cnc[nH]1)C(=O)NC(Cc1ccccc1)C(=O)N1CCCC1C(=O)O. The minimum absolute atomic E-state index is 0.107. The molecule has 3 rings (SSSR count). The van der Waals surface area contributed by atoms with E-state index >= 15 is 0 Å². The zero-order valence-corrected chi connectivity index (χ0v) is 20.5. The maximum absolute atomic E-state index is 13.5. The summed E-state index contributed by atoms with van der Waals surface area (Å²) in [5.41, 5.74) is 7.40. The molecular weight excluding hydrogens is 464 g/mol. The molecule has 0 radical (unpaired) electrons. The number of amides is 3. The highest BCUT2D eigenvalue weighted by molar-refractivity contribution is 5.94. The van der Waals surface area contributed by atoms with Crippen molar-refractivity contribution in [2.45, 2.75) is 63.7 Å². The molecule has 3 amide bonds. The van der Waals surface area contributed by atoms with E-state index in [1.54, 1.807) is 20.0 Å². The maximum atomic E-state index is 13.5. The number of carbonyl (C=O) groups excluding carboxylic acids is 3. The summed E-state index contributed by atoms with van der Waals surface area (Å²) in [5.74, 6) is -2.74. The molecule has 1 fully saturated rings. The molecular formula is C25H34N6O5. The standard InChI is InChI=1S/C25H34N6O5/c1-15(2)21(26)23(33)29-18(12-17-13-27-14-28-17)22(32)30-19(11-16-7-4-3-5-8-16)24(34)31-10-6-9-20(31)25(35)36/h3-5,7-8,13-15,18-21H,6,9-12,26H2,1-2H3,(H,27,28)(H,29,33)(H,30,32)(H,35,36). The number of nitrogens with zero attached hydrogens (tertiary/aromatic N) is 2. The molecule has 4 atom stereocenters. The van der Waals surface area contributed by atoms with Crippen molar-refractivity contribution in [3.63, 3.8) is 0 Å². The van der Waals surface area contributed by atoms with Gasteiger partial charge in [0.1, 0.15) is 18.1 Å². The molecule has 1 aliphatic rings. The molecule has 1 aromatic carbocycles. The molecule has 2 aromatic rings.